The van der Waals surface area contributed by atoms with Crippen LogP contribution in [0.1, 0.15) is 30.4 Å². The van der Waals surface area contributed by atoms with E-state index in [0.29, 0.717) is 12.6 Å². The number of urea groups is 1. The molecule has 142 valence electrons. The number of amides is 2. The summed E-state index contributed by atoms with van der Waals surface area (Å²) in [6, 6.07) is 16.7. The Balaban J connectivity index is 1.33. The molecule has 0 bridgehead atoms. The molecular weight excluding hydrogens is 362 g/mol. The summed E-state index contributed by atoms with van der Waals surface area (Å²) in [4.78, 5) is 11.5. The number of para-hydroxylation sites is 1. The first-order valence-electron chi connectivity index (χ1n) is 9.43. The second-order valence-corrected chi connectivity index (χ2v) is 7.68. The Kier molecular flexibility index (Phi) is 5.50. The van der Waals surface area contributed by atoms with Crippen LogP contribution in [0, 0.1) is 0 Å². The van der Waals surface area contributed by atoms with Crippen molar-refractivity contribution in [2.24, 2.45) is 0 Å². The summed E-state index contributed by atoms with van der Waals surface area (Å²) in [6.07, 6.45) is 3.03. The molecule has 1 aliphatic heterocycles. The molecule has 3 atom stereocenters. The fraction of sp³-hybridized carbons (Fsp3) is 0.381. The fourth-order valence-corrected chi connectivity index (χ4v) is 3.98. The predicted octanol–water partition coefficient (Wildman–Crippen LogP) is 3.61. The molecule has 2 fully saturated rings. The summed E-state index contributed by atoms with van der Waals surface area (Å²) in [5, 5.41) is 10.4. The summed E-state index contributed by atoms with van der Waals surface area (Å²) >= 11 is 5.93. The minimum absolute atomic E-state index is 0.0356. The van der Waals surface area contributed by atoms with Gasteiger partial charge in [-0.05, 0) is 43.0 Å². The smallest absolute Gasteiger partial charge is 0.315 e. The van der Waals surface area contributed by atoms with Gasteiger partial charge in [0.05, 0.1) is 12.1 Å². The molecule has 2 aliphatic rings. The maximum atomic E-state index is 11.5. The van der Waals surface area contributed by atoms with Crippen molar-refractivity contribution in [1.82, 2.24) is 16.0 Å². The van der Waals surface area contributed by atoms with Gasteiger partial charge in [0, 0.05) is 23.2 Å². The zero-order chi connectivity index (χ0) is 18.6. The lowest BCUT2D eigenvalue weighted by Gasteiger charge is -2.31. The summed E-state index contributed by atoms with van der Waals surface area (Å²) < 4.78 is 6.04. The SMILES string of the molecule is O=C1NC2CCC(NCc3ccccc3OCc3ccc(Cl)cc3)CC2N1. The van der Waals surface area contributed by atoms with E-state index in [-0.39, 0.29) is 18.1 Å². The molecule has 4 rings (SSSR count). The maximum absolute atomic E-state index is 11.5. The number of halogens is 1. The Morgan fingerprint density at radius 3 is 2.67 bits per heavy atom. The lowest BCUT2D eigenvalue weighted by molar-refractivity contribution is 0.247. The third kappa shape index (κ3) is 4.54. The Labute approximate surface area is 164 Å². The molecule has 2 aromatic rings. The molecule has 3 N–H and O–H groups in total. The average molecular weight is 386 g/mol. The van der Waals surface area contributed by atoms with Crippen LogP contribution in [0.4, 0.5) is 4.79 Å². The number of rotatable bonds is 6. The first-order valence-corrected chi connectivity index (χ1v) is 9.81. The van der Waals surface area contributed by atoms with Gasteiger partial charge in [-0.25, -0.2) is 4.79 Å². The number of hydrogen-bond acceptors (Lipinski definition) is 3. The summed E-state index contributed by atoms with van der Waals surface area (Å²) in [7, 11) is 0. The molecule has 1 saturated heterocycles. The molecule has 2 amide bonds. The van der Waals surface area contributed by atoms with Crippen LogP contribution in [-0.2, 0) is 13.2 Å². The molecule has 0 spiro atoms. The Bertz CT molecular complexity index is 796. The van der Waals surface area contributed by atoms with Crippen molar-refractivity contribution in [3.05, 3.63) is 64.7 Å². The number of ether oxygens (including phenoxy) is 1. The highest BCUT2D eigenvalue weighted by molar-refractivity contribution is 6.30. The van der Waals surface area contributed by atoms with Crippen molar-refractivity contribution >= 4 is 17.6 Å². The normalized spacial score (nSPS) is 24.0. The molecule has 3 unspecified atom stereocenters. The summed E-state index contributed by atoms with van der Waals surface area (Å²) in [6.45, 7) is 1.26. The van der Waals surface area contributed by atoms with E-state index in [9.17, 15) is 4.79 Å². The van der Waals surface area contributed by atoms with Gasteiger partial charge < -0.3 is 20.7 Å². The molecule has 0 radical (unpaired) electrons. The first-order chi connectivity index (χ1) is 13.2. The van der Waals surface area contributed by atoms with E-state index in [1.165, 1.54) is 0 Å². The van der Waals surface area contributed by atoms with Gasteiger partial charge in [-0.15, -0.1) is 0 Å². The Morgan fingerprint density at radius 1 is 1.04 bits per heavy atom. The molecule has 1 saturated carbocycles. The molecular formula is C21H24ClN3O2. The van der Waals surface area contributed by atoms with Gasteiger partial charge in [-0.3, -0.25) is 0 Å². The largest absolute Gasteiger partial charge is 0.489 e. The van der Waals surface area contributed by atoms with Gasteiger partial charge in [0.1, 0.15) is 12.4 Å². The van der Waals surface area contributed by atoms with Crippen molar-refractivity contribution in [1.29, 1.82) is 0 Å². The van der Waals surface area contributed by atoms with Gasteiger partial charge in [0.2, 0.25) is 0 Å². The van der Waals surface area contributed by atoms with E-state index < -0.39 is 0 Å². The zero-order valence-electron chi connectivity index (χ0n) is 15.1. The zero-order valence-corrected chi connectivity index (χ0v) is 15.8. The van der Waals surface area contributed by atoms with E-state index in [0.717, 1.165) is 47.7 Å². The third-order valence-electron chi connectivity index (χ3n) is 5.34. The molecule has 0 aromatic heterocycles. The maximum Gasteiger partial charge on any atom is 0.315 e. The number of benzene rings is 2. The van der Waals surface area contributed by atoms with E-state index in [1.807, 2.05) is 42.5 Å². The van der Waals surface area contributed by atoms with Crippen molar-refractivity contribution in [2.75, 3.05) is 0 Å². The Morgan fingerprint density at radius 2 is 1.81 bits per heavy atom. The quantitative estimate of drug-likeness (QED) is 0.711. The van der Waals surface area contributed by atoms with Crippen LogP contribution in [0.25, 0.3) is 0 Å². The molecule has 1 aliphatic carbocycles. The highest BCUT2D eigenvalue weighted by Crippen LogP contribution is 2.24. The van der Waals surface area contributed by atoms with Crippen LogP contribution < -0.4 is 20.7 Å². The van der Waals surface area contributed by atoms with Crippen LogP contribution in [0.15, 0.2) is 48.5 Å². The van der Waals surface area contributed by atoms with Gasteiger partial charge in [-0.1, -0.05) is 41.9 Å². The second kappa shape index (κ2) is 8.19. The van der Waals surface area contributed by atoms with Gasteiger partial charge in [0.25, 0.3) is 0 Å². The van der Waals surface area contributed by atoms with Crippen LogP contribution in [0.2, 0.25) is 5.02 Å². The van der Waals surface area contributed by atoms with E-state index in [4.69, 9.17) is 16.3 Å². The molecule has 5 nitrogen and oxygen atoms in total. The highest BCUT2D eigenvalue weighted by atomic mass is 35.5. The lowest BCUT2D eigenvalue weighted by Crippen LogP contribution is -2.46. The second-order valence-electron chi connectivity index (χ2n) is 7.24. The topological polar surface area (TPSA) is 62.4 Å². The van der Waals surface area contributed by atoms with Gasteiger partial charge >= 0.3 is 6.03 Å². The van der Waals surface area contributed by atoms with Crippen LogP contribution in [-0.4, -0.2) is 24.2 Å². The number of carbonyl (C=O) groups excluding carboxylic acids is 1. The van der Waals surface area contributed by atoms with Crippen molar-refractivity contribution in [3.63, 3.8) is 0 Å². The highest BCUT2D eigenvalue weighted by Gasteiger charge is 2.36. The van der Waals surface area contributed by atoms with Crippen LogP contribution in [0.5, 0.6) is 5.75 Å². The monoisotopic (exact) mass is 385 g/mol. The number of hydrogen-bond donors (Lipinski definition) is 3. The van der Waals surface area contributed by atoms with Gasteiger partial charge in [-0.2, -0.15) is 0 Å². The number of carbonyl (C=O) groups is 1. The van der Waals surface area contributed by atoms with Crippen molar-refractivity contribution < 1.29 is 9.53 Å². The fourth-order valence-electron chi connectivity index (χ4n) is 3.85. The Hall–Kier alpha value is -2.24. The molecule has 2 aromatic carbocycles. The van der Waals surface area contributed by atoms with Gasteiger partial charge in [0.15, 0.2) is 0 Å². The number of nitrogens with one attached hydrogen (secondary N) is 3. The van der Waals surface area contributed by atoms with E-state index in [1.54, 1.807) is 0 Å². The number of fused-ring (bicyclic) bond motifs is 1. The van der Waals surface area contributed by atoms with Crippen LogP contribution >= 0.6 is 11.6 Å². The first kappa shape index (κ1) is 18.1. The molecule has 27 heavy (non-hydrogen) atoms. The van der Waals surface area contributed by atoms with Crippen LogP contribution in [0.3, 0.4) is 0 Å². The third-order valence-corrected chi connectivity index (χ3v) is 5.60. The lowest BCUT2D eigenvalue weighted by atomic mass is 9.88. The predicted molar refractivity (Wildman–Crippen MR) is 106 cm³/mol. The molecule has 1 heterocycles. The van der Waals surface area contributed by atoms with E-state index in [2.05, 4.69) is 22.0 Å². The van der Waals surface area contributed by atoms with Crippen molar-refractivity contribution in [2.45, 2.75) is 50.5 Å². The summed E-state index contributed by atoms with van der Waals surface area (Å²) in [5.74, 6) is 0.893. The average Bonchev–Trinajstić information content (AvgIpc) is 3.06. The minimum Gasteiger partial charge on any atom is -0.489 e. The minimum atomic E-state index is -0.0356. The van der Waals surface area contributed by atoms with E-state index >= 15 is 0 Å². The standard InChI is InChI=1S/C21H24ClN3O2/c22-16-7-5-14(6-8-16)13-27-20-4-2-1-3-15(20)12-23-17-9-10-18-19(11-17)25-21(26)24-18/h1-8,17-19,23H,9-13H2,(H2,24,25,26). The van der Waals surface area contributed by atoms with Crippen molar-refractivity contribution in [3.8, 4) is 5.75 Å². The summed E-state index contributed by atoms with van der Waals surface area (Å²) in [5.41, 5.74) is 2.23. The molecule has 6 heteroatoms.